The van der Waals surface area contributed by atoms with Crippen LogP contribution in [0.2, 0.25) is 0 Å². The largest absolute Gasteiger partial charge is 0.461 e. The van der Waals surface area contributed by atoms with Crippen LogP contribution in [0.1, 0.15) is 101 Å². The predicted octanol–water partition coefficient (Wildman–Crippen LogP) is 3.25. The van der Waals surface area contributed by atoms with E-state index >= 15 is 0 Å². The summed E-state index contributed by atoms with van der Waals surface area (Å²) in [7, 11) is 8.73. The number of esters is 8. The zero-order chi connectivity index (χ0) is 86.2. The molecule has 6 aliphatic heterocycles. The van der Waals surface area contributed by atoms with Gasteiger partial charge in [0.25, 0.3) is 6.29 Å². The molecule has 18 atom stereocenters. The molecule has 0 spiro atoms. The van der Waals surface area contributed by atoms with Crippen molar-refractivity contribution in [2.45, 2.75) is 205 Å². The Balaban J connectivity index is -0.000000575. The Kier molecular flexibility index (Phi) is 63.2. The third-order valence-electron chi connectivity index (χ3n) is 13.8. The standard InChI is InChI=1S/C9H15FO4.C9H15FO2.C8H11FO3.C8H14O6.C7H11FO4.C6H9FO2.2C6H7FO2.C6H10O6.C5H10O3/c1-4-14-9(11)8(10)5-7(13-3)6-12-2;1-4-7(3)6-8(10)9(11)12-5-2;1-3-6-4-7(9)8(12-6)11-5(2)10;1-12-3-4(13-2)7-5(9)6(10)8(11)14-7;1-2-12-7(11)6(8)3-5(10)4-9;3*1-2-4-3-5(7)6(8)9-4;7-1-2(8)5-3(9)4(10)6(11)12-5;1-7-4-5(3-6)8-2/h5,7H,4,6H2,1-3H3;6-7H,4-5H2,1-3H3;4,6,8H,3H2,1-2H3;4-7,9-10H,3H2,1-2H3;3,5,9-10H,2,4H2,1H3;3-4,6,8H,2H2,1H3;2*3-4H,2H2,1H3;2-5,7-10H,1H2;3,5H,4H2,1-2H3/b;8-6-;;;6-3-;;;;;/t;;6-,8?;4?,5?,6?,7-;;4-,6?;2*4-;2?,3?,4?,5-;/m..01.0001./s1. The van der Waals surface area contributed by atoms with Crippen molar-refractivity contribution in [1.29, 1.82) is 0 Å². The molecule has 6 rings (SSSR count). The number of allylic oxidation sites excluding steroid dienone is 1. The lowest BCUT2D eigenvalue weighted by atomic mass is 10.1. The lowest BCUT2D eigenvalue weighted by Gasteiger charge is -2.22. The molecule has 111 heavy (non-hydrogen) atoms. The van der Waals surface area contributed by atoms with E-state index in [1.807, 2.05) is 41.5 Å². The summed E-state index contributed by atoms with van der Waals surface area (Å²) in [6.07, 6.45) is -3.75. The van der Waals surface area contributed by atoms with E-state index in [1.54, 1.807) is 13.8 Å². The maximum atomic E-state index is 13.0. The van der Waals surface area contributed by atoms with Crippen molar-refractivity contribution in [3.8, 4) is 0 Å². The fourth-order valence-electron chi connectivity index (χ4n) is 7.62. The topological polar surface area (TPSA) is 483 Å². The number of aliphatic hydroxyl groups excluding tert-OH is 9. The minimum Gasteiger partial charge on any atom is -0.461 e. The second-order valence-corrected chi connectivity index (χ2v) is 22.4. The van der Waals surface area contributed by atoms with E-state index in [9.17, 15) is 79.0 Å². The molecule has 34 nitrogen and oxygen atoms in total. The Labute approximate surface area is 638 Å². The summed E-state index contributed by atoms with van der Waals surface area (Å²) in [6.45, 7) is 17.0. The van der Waals surface area contributed by atoms with Gasteiger partial charge in [0.05, 0.1) is 71.2 Å². The molecule has 0 aromatic carbocycles. The molecule has 12 unspecified atom stereocenters. The molecule has 0 radical (unpaired) electrons. The van der Waals surface area contributed by atoms with Crippen molar-refractivity contribution >= 4 is 54.0 Å². The Morgan fingerprint density at radius 2 is 0.910 bits per heavy atom. The molecule has 0 amide bonds. The van der Waals surface area contributed by atoms with E-state index in [2.05, 4.69) is 42.6 Å². The van der Waals surface area contributed by atoms with Crippen molar-refractivity contribution in [1.82, 2.24) is 0 Å². The van der Waals surface area contributed by atoms with Crippen molar-refractivity contribution in [3.63, 3.8) is 0 Å². The number of halogens is 7. The first-order valence-electron chi connectivity index (χ1n) is 34.2. The van der Waals surface area contributed by atoms with Gasteiger partial charge in [-0.15, -0.1) is 0 Å². The van der Waals surface area contributed by atoms with Crippen LogP contribution in [0, 0.1) is 5.92 Å². The van der Waals surface area contributed by atoms with Crippen LogP contribution in [0.3, 0.4) is 0 Å². The van der Waals surface area contributed by atoms with Crippen LogP contribution in [0.5, 0.6) is 0 Å². The van der Waals surface area contributed by atoms with Gasteiger partial charge in [0, 0.05) is 49.6 Å². The highest BCUT2D eigenvalue weighted by Crippen LogP contribution is 2.25. The zero-order valence-electron chi connectivity index (χ0n) is 64.6. The summed E-state index contributed by atoms with van der Waals surface area (Å²) in [5.74, 6) is -12.5. The first-order chi connectivity index (χ1) is 52.2. The minimum absolute atomic E-state index is 0.0648. The van der Waals surface area contributed by atoms with Gasteiger partial charge in [-0.05, 0) is 101 Å². The van der Waals surface area contributed by atoms with Crippen molar-refractivity contribution in [2.24, 2.45) is 5.92 Å². The minimum atomic E-state index is -1.63. The maximum Gasteiger partial charge on any atom is 0.367 e. The van der Waals surface area contributed by atoms with E-state index in [0.717, 1.165) is 12.5 Å². The molecule has 41 heteroatoms. The van der Waals surface area contributed by atoms with Crippen molar-refractivity contribution in [3.05, 3.63) is 83.3 Å². The summed E-state index contributed by atoms with van der Waals surface area (Å²) >= 11 is 0. The number of methoxy groups -OCH3 is 6. The fraction of sp³-hybridized carbons (Fsp3) is 0.671. The predicted molar refractivity (Wildman–Crippen MR) is 370 cm³/mol. The van der Waals surface area contributed by atoms with Crippen molar-refractivity contribution in [2.75, 3.05) is 95.5 Å². The summed E-state index contributed by atoms with van der Waals surface area (Å²) in [5.41, 5.74) is 0. The number of hydrogen-bond donors (Lipinski definition) is 9. The number of ether oxygens (including phenoxy) is 16. The van der Waals surface area contributed by atoms with Crippen LogP contribution >= 0.6 is 0 Å². The zero-order valence-corrected chi connectivity index (χ0v) is 64.6. The summed E-state index contributed by atoms with van der Waals surface area (Å²) in [6, 6.07) is 0. The SMILES string of the molecule is CCOC(=O)/C(F)=C/C(C)CC.CCOC(=O)/C(F)=C/C(O)CO.CCOC(=O)C(F)=CC(COC)OC.CC[C@H]1C=C(F)C(=O)O1.CC[C@H]1C=C(F)C(=O)O1.CC[C@H]1C=C(F)C(O)O1.CC[C@H]1C=C(F)C(OC(C)=O)O1.COCC(C=O)OC.COCC(OC)[C@H]1OC(=O)C(O)C1O.O=C1O[C@H](C(O)CO)C(O)C1O. The molecular formula is C70H109F7O34. The second kappa shape index (κ2) is 63.9. The molecular weight excluding hydrogens is 1520 g/mol. The Hall–Kier alpha value is -7.56. The van der Waals surface area contributed by atoms with E-state index in [1.165, 1.54) is 86.9 Å². The molecule has 0 aromatic rings. The molecule has 6 aliphatic rings. The highest BCUT2D eigenvalue weighted by Gasteiger charge is 2.47. The average molecular weight is 1630 g/mol. The molecule has 6 heterocycles. The number of aliphatic hydroxyl groups is 9. The smallest absolute Gasteiger partial charge is 0.367 e. The lowest BCUT2D eigenvalue weighted by molar-refractivity contribution is -0.171. The van der Waals surface area contributed by atoms with Gasteiger partial charge in [0.1, 0.15) is 48.8 Å². The number of rotatable bonds is 29. The monoisotopic (exact) mass is 1630 g/mol. The quantitative estimate of drug-likeness (QED) is 0.0171. The van der Waals surface area contributed by atoms with Gasteiger partial charge in [-0.2, -0.15) is 22.0 Å². The highest BCUT2D eigenvalue weighted by molar-refractivity contribution is 5.89. The van der Waals surface area contributed by atoms with Crippen LogP contribution in [0.4, 0.5) is 30.7 Å². The van der Waals surface area contributed by atoms with Gasteiger partial charge >= 0.3 is 47.8 Å². The normalized spacial score (nSPS) is 24.3. The van der Waals surface area contributed by atoms with Crippen LogP contribution in [-0.2, 0) is 119 Å². The molecule has 0 bridgehead atoms. The third-order valence-corrected chi connectivity index (χ3v) is 13.8. The Morgan fingerprint density at radius 3 is 1.18 bits per heavy atom. The number of cyclic esters (lactones) is 4. The van der Waals surface area contributed by atoms with Gasteiger partial charge in [0.15, 0.2) is 42.4 Å². The average Bonchev–Trinajstić information content (AvgIpc) is 1.69. The molecule has 9 N–H and O–H groups in total. The van der Waals surface area contributed by atoms with Gasteiger partial charge in [-0.1, -0.05) is 41.5 Å². The summed E-state index contributed by atoms with van der Waals surface area (Å²) in [5, 5.41) is 79.5. The van der Waals surface area contributed by atoms with Gasteiger partial charge < -0.3 is 127 Å². The molecule has 642 valence electrons. The van der Waals surface area contributed by atoms with E-state index in [4.69, 9.17) is 74.0 Å². The van der Waals surface area contributed by atoms with Crippen LogP contribution in [0.25, 0.3) is 0 Å². The van der Waals surface area contributed by atoms with Gasteiger partial charge in [-0.3, -0.25) is 4.79 Å². The van der Waals surface area contributed by atoms with E-state index < -0.39 is 181 Å². The number of hydrogen-bond acceptors (Lipinski definition) is 34. The lowest BCUT2D eigenvalue weighted by Crippen LogP contribution is -2.41. The number of carbonyl (C=O) groups is 9. The van der Waals surface area contributed by atoms with Crippen molar-refractivity contribution < 1.29 is 196 Å². The van der Waals surface area contributed by atoms with Crippen LogP contribution < -0.4 is 0 Å². The summed E-state index contributed by atoms with van der Waals surface area (Å²) in [4.78, 5) is 94.5. The molecule has 0 saturated carbocycles. The number of carbonyl (C=O) groups excluding carboxylic acids is 9. The molecule has 0 aromatic heterocycles. The maximum absolute atomic E-state index is 13.0. The Bertz CT molecular complexity index is 2860. The number of aldehydes is 1. The fourth-order valence-corrected chi connectivity index (χ4v) is 7.62. The summed E-state index contributed by atoms with van der Waals surface area (Å²) < 4.78 is 162. The van der Waals surface area contributed by atoms with Gasteiger partial charge in [-0.25, -0.2) is 42.3 Å². The van der Waals surface area contributed by atoms with Gasteiger partial charge in [0.2, 0.25) is 35.4 Å². The third kappa shape index (κ3) is 46.9. The van der Waals surface area contributed by atoms with Crippen LogP contribution in [0.15, 0.2) is 83.3 Å². The molecule has 2 fully saturated rings. The first-order valence-corrected chi connectivity index (χ1v) is 34.2. The van der Waals surface area contributed by atoms with E-state index in [0.29, 0.717) is 44.7 Å². The first kappa shape index (κ1) is 110. The van der Waals surface area contributed by atoms with Crippen LogP contribution in [-0.4, -0.2) is 300 Å². The molecule has 2 saturated heterocycles. The van der Waals surface area contributed by atoms with E-state index in [-0.39, 0.29) is 63.4 Å². The highest BCUT2D eigenvalue weighted by atomic mass is 19.2. The molecule has 0 aliphatic carbocycles. The second-order valence-electron chi connectivity index (χ2n) is 22.4. The Morgan fingerprint density at radius 1 is 0.514 bits per heavy atom.